The van der Waals surface area contributed by atoms with E-state index in [-0.39, 0.29) is 17.1 Å². The number of hydrogen-bond donors (Lipinski definition) is 1. The topological polar surface area (TPSA) is 268 Å². The van der Waals surface area contributed by atoms with E-state index in [0.717, 1.165) is 66.8 Å². The van der Waals surface area contributed by atoms with Gasteiger partial charge in [0, 0.05) is 0 Å². The molecule has 0 spiro atoms. The summed E-state index contributed by atoms with van der Waals surface area (Å²) >= 11 is 0. The monoisotopic (exact) mass is 1630 g/mol. The molecule has 12 aromatic carbocycles. The van der Waals surface area contributed by atoms with Gasteiger partial charge in [-0.05, 0) is 229 Å². The SMILES string of the molecule is Cc1ccc(OP(=O)(Oc2ccc(C)cc2)Oc2ccc(C)cc2)cc1.Cc1ccc(OP(=O)(Oc2ccc(C)cc2)Oc2ccc(C)cc2)cc1.Cc1ccc(OP(=O)(Oc2ccc(C)cc2)Oc2ccc(C)cc2)cc1.Cc1ccc(OP(=O)(Oc2ccc(C)cc2)Oc2ccc(C)cc2)cc1.[Fe+2].[O-][Cl+3]([O-])([O-])O. The van der Waals surface area contributed by atoms with Crippen LogP contribution in [-0.4, -0.2) is 4.66 Å². The minimum Gasteiger partial charge on any atom is -0.386 e. The van der Waals surface area contributed by atoms with Gasteiger partial charge in [0.25, 0.3) is 0 Å². The molecule has 20 nitrogen and oxygen atoms in total. The van der Waals surface area contributed by atoms with E-state index in [2.05, 4.69) is 0 Å². The molecule has 12 aromatic rings. The molecular formula is C84H85ClFeO20P4+2. The first kappa shape index (κ1) is 87.0. The second-order valence-electron chi connectivity index (χ2n) is 25.0. The summed E-state index contributed by atoms with van der Waals surface area (Å²) in [6.07, 6.45) is 0. The summed E-state index contributed by atoms with van der Waals surface area (Å²) in [6.45, 7) is 23.6. The van der Waals surface area contributed by atoms with Crippen molar-refractivity contribution in [3.8, 4) is 69.0 Å². The molecule has 0 aromatic heterocycles. The Balaban J connectivity index is 0.000000199. The second-order valence-corrected chi connectivity index (χ2v) is 31.6. The molecule has 0 heterocycles. The van der Waals surface area contributed by atoms with Crippen LogP contribution >= 0.6 is 31.3 Å². The molecule has 0 fully saturated rings. The van der Waals surface area contributed by atoms with Crippen LogP contribution in [-0.2, 0) is 35.3 Å². The standard InChI is InChI=1S/4C21H21O4P.ClHO4.Fe/c4*1-16-4-10-19(11-5-16)23-26(22,24-20-12-6-17(2)7-13-20)25-21-14-8-18(3)9-15-21;2-1(3,4)5;/h4*4-15H,1-3H3;(H,2,3,4,5);/q;;;;;+2. The fourth-order valence-corrected chi connectivity index (χ4v) is 14.0. The average Bonchev–Trinajstić information content (AvgIpc) is 0.841. The zero-order chi connectivity index (χ0) is 78.8. The third kappa shape index (κ3) is 31.8. The van der Waals surface area contributed by atoms with Crippen LogP contribution in [0.1, 0.15) is 66.8 Å². The van der Waals surface area contributed by atoms with Gasteiger partial charge >= 0.3 is 48.4 Å². The summed E-state index contributed by atoms with van der Waals surface area (Å²) in [5, 5.41) is 0. The molecule has 0 radical (unpaired) electrons. The number of phosphoric acid groups is 4. The third-order valence-electron chi connectivity index (χ3n) is 14.9. The predicted molar refractivity (Wildman–Crippen MR) is 414 cm³/mol. The fourth-order valence-electron chi connectivity index (χ4n) is 8.96. The molecule has 0 amide bonds. The van der Waals surface area contributed by atoms with Crippen molar-refractivity contribution in [2.45, 2.75) is 83.1 Å². The van der Waals surface area contributed by atoms with Gasteiger partial charge in [0.2, 0.25) is 0 Å². The number of phosphoric ester groups is 4. The molecular weight excluding hydrogens is 1540 g/mol. The fraction of sp³-hybridized carbons (Fsp3) is 0.143. The van der Waals surface area contributed by atoms with E-state index < -0.39 is 41.5 Å². The quantitative estimate of drug-likeness (QED) is 0.0435. The Morgan fingerprint density at radius 1 is 0.182 bits per heavy atom. The van der Waals surface area contributed by atoms with Crippen LogP contribution < -0.4 is 68.3 Å². The first-order chi connectivity index (χ1) is 51.7. The van der Waals surface area contributed by atoms with Crippen molar-refractivity contribution in [2.24, 2.45) is 0 Å². The van der Waals surface area contributed by atoms with Crippen LogP contribution in [0.5, 0.6) is 69.0 Å². The Hall–Kier alpha value is -10.2. The number of rotatable bonds is 24. The van der Waals surface area contributed by atoms with Gasteiger partial charge < -0.3 is 54.3 Å². The molecule has 0 bridgehead atoms. The maximum absolute atomic E-state index is 13.3. The van der Waals surface area contributed by atoms with E-state index in [4.69, 9.17) is 72.9 Å². The van der Waals surface area contributed by atoms with Crippen LogP contribution in [0.25, 0.3) is 0 Å². The van der Waals surface area contributed by atoms with Crippen LogP contribution in [0.15, 0.2) is 291 Å². The maximum Gasteiger partial charge on any atom is 2.00 e. The molecule has 0 saturated carbocycles. The van der Waals surface area contributed by atoms with E-state index in [1.54, 1.807) is 146 Å². The predicted octanol–water partition coefficient (Wildman–Crippen LogP) is 20.9. The van der Waals surface area contributed by atoms with E-state index in [9.17, 15) is 18.3 Å². The second kappa shape index (κ2) is 41.0. The van der Waals surface area contributed by atoms with Gasteiger partial charge in [-0.3, -0.25) is 0 Å². The molecule has 0 aliphatic carbocycles. The van der Waals surface area contributed by atoms with E-state index >= 15 is 0 Å². The molecule has 26 heteroatoms. The van der Waals surface area contributed by atoms with Gasteiger partial charge in [0.15, 0.2) is 0 Å². The van der Waals surface area contributed by atoms with Gasteiger partial charge in [-0.15, -0.1) is 0 Å². The van der Waals surface area contributed by atoms with Crippen LogP contribution in [0, 0.1) is 93.3 Å². The minimum absolute atomic E-state index is 0. The normalized spacial score (nSPS) is 11.0. The number of aryl methyl sites for hydroxylation is 12. The first-order valence-electron chi connectivity index (χ1n) is 33.9. The Labute approximate surface area is 655 Å². The molecule has 0 aliphatic rings. The van der Waals surface area contributed by atoms with Crippen molar-refractivity contribution in [3.63, 3.8) is 0 Å². The van der Waals surface area contributed by atoms with Crippen molar-refractivity contribution in [3.05, 3.63) is 358 Å². The van der Waals surface area contributed by atoms with Gasteiger partial charge in [0.05, 0.1) is 14.9 Å². The van der Waals surface area contributed by atoms with Gasteiger partial charge in [0.1, 0.15) is 69.0 Å². The Kier molecular flexibility index (Phi) is 32.5. The molecule has 0 unspecified atom stereocenters. The van der Waals surface area contributed by atoms with Gasteiger partial charge in [-0.25, -0.2) is 0 Å². The minimum atomic E-state index is -4.69. The Morgan fingerprint density at radius 2 is 0.236 bits per heavy atom. The summed E-state index contributed by atoms with van der Waals surface area (Å²) < 4.78 is 154. The van der Waals surface area contributed by atoms with Crippen molar-refractivity contribution >= 4 is 31.3 Å². The summed E-state index contributed by atoms with van der Waals surface area (Å²) in [5.74, 6) is 4.98. The maximum atomic E-state index is 13.3. The summed E-state index contributed by atoms with van der Waals surface area (Å²) in [7, 11) is -20.4. The van der Waals surface area contributed by atoms with Crippen LogP contribution in [0.3, 0.4) is 0 Å². The molecule has 0 atom stereocenters. The van der Waals surface area contributed by atoms with Crippen molar-refractivity contribution in [2.75, 3.05) is 0 Å². The largest absolute Gasteiger partial charge is 2.00 e. The van der Waals surface area contributed by atoms with Gasteiger partial charge in [-0.2, -0.15) is 32.2 Å². The first-order valence-corrected chi connectivity index (χ1v) is 41.0. The summed E-state index contributed by atoms with van der Waals surface area (Å²) in [6, 6.07) is 86.6. The zero-order valence-corrected chi connectivity index (χ0v) is 67.9. The van der Waals surface area contributed by atoms with E-state index in [1.165, 1.54) is 0 Å². The smallest absolute Gasteiger partial charge is 0.386 e. The summed E-state index contributed by atoms with van der Waals surface area (Å²) in [4.78, 5) is 0. The molecule has 1 N–H and O–H groups in total. The Morgan fingerprint density at radius 3 is 0.291 bits per heavy atom. The molecule has 0 saturated heterocycles. The van der Waals surface area contributed by atoms with Crippen molar-refractivity contribution in [1.82, 2.24) is 0 Å². The number of benzene rings is 12. The van der Waals surface area contributed by atoms with Crippen molar-refractivity contribution < 1.29 is 118 Å². The third-order valence-corrected chi connectivity index (χ3v) is 20.1. The van der Waals surface area contributed by atoms with E-state index in [1.807, 2.05) is 229 Å². The van der Waals surface area contributed by atoms with Crippen LogP contribution in [0.2, 0.25) is 0 Å². The van der Waals surface area contributed by atoms with E-state index in [0.29, 0.717) is 69.0 Å². The number of halogens is 1. The Bertz CT molecular complexity index is 3870. The summed E-state index contributed by atoms with van der Waals surface area (Å²) in [5.41, 5.74) is 12.9. The van der Waals surface area contributed by atoms with Crippen LogP contribution in [0.4, 0.5) is 0 Å². The molecule has 574 valence electrons. The molecule has 110 heavy (non-hydrogen) atoms. The van der Waals surface area contributed by atoms with Crippen molar-refractivity contribution in [1.29, 1.82) is 0 Å². The molecule has 0 aliphatic heterocycles. The molecule has 12 rings (SSSR count). The van der Waals surface area contributed by atoms with Gasteiger partial charge in [-0.1, -0.05) is 212 Å². The average molecular weight is 1630 g/mol. The number of hydrogen-bond acceptors (Lipinski definition) is 20. The zero-order valence-electron chi connectivity index (χ0n) is 62.4.